The van der Waals surface area contributed by atoms with Gasteiger partial charge in [-0.1, -0.05) is 17.7 Å². The highest BCUT2D eigenvalue weighted by atomic mass is 16.2. The second-order valence-corrected chi connectivity index (χ2v) is 7.16. The Morgan fingerprint density at radius 2 is 2.00 bits per heavy atom. The zero-order valence-corrected chi connectivity index (χ0v) is 15.1. The predicted octanol–water partition coefficient (Wildman–Crippen LogP) is 1.61. The van der Waals surface area contributed by atoms with E-state index in [2.05, 4.69) is 16.7 Å². The summed E-state index contributed by atoms with van der Waals surface area (Å²) in [4.78, 5) is 26.1. The maximum absolute atomic E-state index is 12.3. The van der Waals surface area contributed by atoms with E-state index in [1.807, 2.05) is 32.9 Å². The molecule has 0 aromatic heterocycles. The topological polar surface area (TPSA) is 85.2 Å². The van der Waals surface area contributed by atoms with Crippen LogP contribution in [-0.4, -0.2) is 47.9 Å². The number of nitrogens with zero attached hydrogens (tertiary/aromatic N) is 2. The number of hydrogen-bond donors (Lipinski definition) is 2. The van der Waals surface area contributed by atoms with E-state index in [-0.39, 0.29) is 24.4 Å². The molecule has 1 aromatic rings. The molecule has 134 valence electrons. The van der Waals surface area contributed by atoms with Crippen LogP contribution >= 0.6 is 0 Å². The molecule has 1 aromatic carbocycles. The Kier molecular flexibility index (Phi) is 6.16. The number of amides is 2. The summed E-state index contributed by atoms with van der Waals surface area (Å²) in [5.41, 5.74) is 1.29. The lowest BCUT2D eigenvalue weighted by Crippen LogP contribution is -2.52. The Labute approximate surface area is 149 Å². The maximum Gasteiger partial charge on any atom is 0.251 e. The smallest absolute Gasteiger partial charge is 0.251 e. The highest BCUT2D eigenvalue weighted by molar-refractivity contribution is 5.94. The number of likely N-dealkylation sites (tertiary alicyclic amines) is 1. The molecular weight excluding hydrogens is 316 g/mol. The molecule has 6 heteroatoms. The van der Waals surface area contributed by atoms with E-state index in [4.69, 9.17) is 5.26 Å². The molecule has 1 aliphatic heterocycles. The van der Waals surface area contributed by atoms with Crippen molar-refractivity contribution in [1.82, 2.24) is 15.5 Å². The third-order valence-corrected chi connectivity index (χ3v) is 4.44. The van der Waals surface area contributed by atoms with Gasteiger partial charge in [-0.05, 0) is 45.7 Å². The highest BCUT2D eigenvalue weighted by Crippen LogP contribution is 2.16. The summed E-state index contributed by atoms with van der Waals surface area (Å²) in [6.45, 7) is 7.04. The van der Waals surface area contributed by atoms with Gasteiger partial charge in [-0.3, -0.25) is 9.59 Å². The predicted molar refractivity (Wildman–Crippen MR) is 95.9 cm³/mol. The molecule has 1 heterocycles. The summed E-state index contributed by atoms with van der Waals surface area (Å²) in [6.07, 6.45) is 1.62. The maximum atomic E-state index is 12.3. The van der Waals surface area contributed by atoms with E-state index in [0.717, 1.165) is 18.4 Å². The quantitative estimate of drug-likeness (QED) is 0.822. The molecule has 1 atom stereocenters. The Morgan fingerprint density at radius 3 is 2.64 bits per heavy atom. The number of rotatable bonds is 6. The van der Waals surface area contributed by atoms with Crippen molar-refractivity contribution in [2.75, 3.05) is 19.6 Å². The van der Waals surface area contributed by atoms with Crippen LogP contribution in [-0.2, 0) is 4.79 Å². The number of nitriles is 1. The van der Waals surface area contributed by atoms with Crippen LogP contribution in [0.3, 0.4) is 0 Å². The SMILES string of the molecule is Cc1ccc(C(=O)NCC(C)(C)NCC(=O)N2CCC[C@H]2C#N)cc1. The summed E-state index contributed by atoms with van der Waals surface area (Å²) in [5, 5.41) is 15.1. The van der Waals surface area contributed by atoms with Gasteiger partial charge < -0.3 is 15.5 Å². The van der Waals surface area contributed by atoms with E-state index in [0.29, 0.717) is 18.7 Å². The lowest BCUT2D eigenvalue weighted by molar-refractivity contribution is -0.130. The van der Waals surface area contributed by atoms with Gasteiger partial charge in [0.2, 0.25) is 5.91 Å². The number of aryl methyl sites for hydroxylation is 1. The number of hydrogen-bond acceptors (Lipinski definition) is 4. The molecule has 0 aliphatic carbocycles. The van der Waals surface area contributed by atoms with Crippen molar-refractivity contribution >= 4 is 11.8 Å². The standard InChI is InChI=1S/C19H26N4O2/c1-14-6-8-15(9-7-14)18(25)21-13-19(2,3)22-12-17(24)23-10-4-5-16(23)11-20/h6-9,16,22H,4-5,10,12-13H2,1-3H3,(H,21,25)/t16-/m0/s1. The van der Waals surface area contributed by atoms with Crippen molar-refractivity contribution in [2.24, 2.45) is 0 Å². The number of carbonyl (C=O) groups is 2. The van der Waals surface area contributed by atoms with Gasteiger partial charge in [0.25, 0.3) is 5.91 Å². The summed E-state index contributed by atoms with van der Waals surface area (Å²) in [5.74, 6) is -0.202. The number of nitrogens with one attached hydrogen (secondary N) is 2. The Morgan fingerprint density at radius 1 is 1.32 bits per heavy atom. The van der Waals surface area contributed by atoms with Crippen molar-refractivity contribution in [1.29, 1.82) is 5.26 Å². The molecule has 1 aliphatic rings. The zero-order chi connectivity index (χ0) is 18.4. The molecule has 0 unspecified atom stereocenters. The monoisotopic (exact) mass is 342 g/mol. The van der Waals surface area contributed by atoms with Crippen molar-refractivity contribution in [3.63, 3.8) is 0 Å². The van der Waals surface area contributed by atoms with Gasteiger partial charge in [-0.25, -0.2) is 0 Å². The zero-order valence-electron chi connectivity index (χ0n) is 15.1. The molecular formula is C19H26N4O2. The lowest BCUT2D eigenvalue weighted by Gasteiger charge is -2.28. The molecule has 25 heavy (non-hydrogen) atoms. The molecule has 1 fully saturated rings. The first-order valence-corrected chi connectivity index (χ1v) is 8.61. The van der Waals surface area contributed by atoms with Crippen molar-refractivity contribution in [3.05, 3.63) is 35.4 Å². The molecule has 2 amide bonds. The number of benzene rings is 1. The van der Waals surface area contributed by atoms with Crippen LogP contribution in [0.15, 0.2) is 24.3 Å². The summed E-state index contributed by atoms with van der Waals surface area (Å²) in [7, 11) is 0. The van der Waals surface area contributed by atoms with E-state index < -0.39 is 5.54 Å². The minimum absolute atomic E-state index is 0.0676. The Bertz CT molecular complexity index is 661. The fourth-order valence-corrected chi connectivity index (χ4v) is 2.79. The van der Waals surface area contributed by atoms with Gasteiger partial charge in [-0.2, -0.15) is 5.26 Å². The van der Waals surface area contributed by atoms with E-state index in [1.54, 1.807) is 17.0 Å². The van der Waals surface area contributed by atoms with Crippen LogP contribution in [0.2, 0.25) is 0 Å². The fourth-order valence-electron chi connectivity index (χ4n) is 2.79. The van der Waals surface area contributed by atoms with Crippen LogP contribution in [0, 0.1) is 18.3 Å². The highest BCUT2D eigenvalue weighted by Gasteiger charge is 2.29. The molecule has 1 saturated heterocycles. The second-order valence-electron chi connectivity index (χ2n) is 7.16. The van der Waals surface area contributed by atoms with Gasteiger partial charge in [0, 0.05) is 24.2 Å². The molecule has 0 saturated carbocycles. The van der Waals surface area contributed by atoms with E-state index >= 15 is 0 Å². The van der Waals surface area contributed by atoms with E-state index in [9.17, 15) is 9.59 Å². The molecule has 0 spiro atoms. The normalized spacial score (nSPS) is 17.2. The van der Waals surface area contributed by atoms with Gasteiger partial charge in [-0.15, -0.1) is 0 Å². The van der Waals surface area contributed by atoms with Gasteiger partial charge in [0.1, 0.15) is 6.04 Å². The minimum Gasteiger partial charge on any atom is -0.350 e. The van der Waals surface area contributed by atoms with Gasteiger partial charge >= 0.3 is 0 Å². The van der Waals surface area contributed by atoms with Crippen molar-refractivity contribution in [2.45, 2.75) is 45.2 Å². The molecule has 6 nitrogen and oxygen atoms in total. The van der Waals surface area contributed by atoms with Gasteiger partial charge in [0.05, 0.1) is 12.6 Å². The summed E-state index contributed by atoms with van der Waals surface area (Å²) < 4.78 is 0. The van der Waals surface area contributed by atoms with Crippen molar-refractivity contribution in [3.8, 4) is 6.07 Å². The molecule has 2 N–H and O–H groups in total. The molecule has 0 radical (unpaired) electrons. The van der Waals surface area contributed by atoms with E-state index in [1.165, 1.54) is 0 Å². The van der Waals surface area contributed by atoms with Crippen LogP contribution in [0.5, 0.6) is 0 Å². The number of carbonyl (C=O) groups excluding carboxylic acids is 2. The second kappa shape index (κ2) is 8.13. The van der Waals surface area contributed by atoms with Crippen LogP contribution < -0.4 is 10.6 Å². The first kappa shape index (κ1) is 18.9. The Balaban J connectivity index is 1.81. The first-order valence-electron chi connectivity index (χ1n) is 8.61. The van der Waals surface area contributed by atoms with Crippen molar-refractivity contribution < 1.29 is 9.59 Å². The molecule has 0 bridgehead atoms. The largest absolute Gasteiger partial charge is 0.350 e. The third-order valence-electron chi connectivity index (χ3n) is 4.44. The average molecular weight is 342 g/mol. The van der Waals surface area contributed by atoms with Crippen LogP contribution in [0.4, 0.5) is 0 Å². The van der Waals surface area contributed by atoms with Crippen LogP contribution in [0.1, 0.15) is 42.6 Å². The average Bonchev–Trinajstić information content (AvgIpc) is 3.07. The lowest BCUT2D eigenvalue weighted by atomic mass is 10.1. The first-order chi connectivity index (χ1) is 11.8. The fraction of sp³-hybridized carbons (Fsp3) is 0.526. The van der Waals surface area contributed by atoms with Gasteiger partial charge in [0.15, 0.2) is 0 Å². The molecule has 2 rings (SSSR count). The summed E-state index contributed by atoms with van der Waals surface area (Å²) >= 11 is 0. The Hall–Kier alpha value is -2.39. The summed E-state index contributed by atoms with van der Waals surface area (Å²) in [6, 6.07) is 9.26. The van der Waals surface area contributed by atoms with Crippen LogP contribution in [0.25, 0.3) is 0 Å². The minimum atomic E-state index is -0.433. The third kappa shape index (κ3) is 5.30.